The lowest BCUT2D eigenvalue weighted by Gasteiger charge is -2.30. The van der Waals surface area contributed by atoms with Gasteiger partial charge in [0, 0.05) is 45.4 Å². The number of carbonyl (C=O) groups is 1. The SMILES string of the molecule is COCCNS(=O)(=O)c1cccc(Nc2ncc3c(n2)N(C2CCCC2)CCC(=O)N3C)c1. The molecular formula is C22H30N6O4S. The van der Waals surface area contributed by atoms with Crippen LogP contribution in [0.5, 0.6) is 0 Å². The Bertz CT molecular complexity index is 1100. The summed E-state index contributed by atoms with van der Waals surface area (Å²) < 4.78 is 32.5. The van der Waals surface area contributed by atoms with Gasteiger partial charge in [-0.3, -0.25) is 4.79 Å². The van der Waals surface area contributed by atoms with E-state index in [-0.39, 0.29) is 24.0 Å². The Balaban J connectivity index is 1.60. The molecule has 0 radical (unpaired) electrons. The summed E-state index contributed by atoms with van der Waals surface area (Å²) in [5.41, 5.74) is 1.24. The summed E-state index contributed by atoms with van der Waals surface area (Å²) >= 11 is 0. The first-order valence-electron chi connectivity index (χ1n) is 11.1. The van der Waals surface area contributed by atoms with E-state index < -0.39 is 10.0 Å². The van der Waals surface area contributed by atoms with Gasteiger partial charge in [0.25, 0.3) is 0 Å². The molecular weight excluding hydrogens is 444 g/mol. The van der Waals surface area contributed by atoms with Crippen molar-refractivity contribution < 1.29 is 17.9 Å². The van der Waals surface area contributed by atoms with Gasteiger partial charge < -0.3 is 19.9 Å². The van der Waals surface area contributed by atoms with Crippen LogP contribution < -0.4 is 19.8 Å². The molecule has 33 heavy (non-hydrogen) atoms. The molecule has 1 saturated carbocycles. The molecule has 2 aliphatic rings. The van der Waals surface area contributed by atoms with Crippen molar-refractivity contribution in [3.8, 4) is 0 Å². The van der Waals surface area contributed by atoms with Crippen LogP contribution in [0, 0.1) is 0 Å². The van der Waals surface area contributed by atoms with Crippen molar-refractivity contribution in [3.63, 3.8) is 0 Å². The second-order valence-electron chi connectivity index (χ2n) is 8.28. The van der Waals surface area contributed by atoms with Crippen molar-refractivity contribution in [2.75, 3.05) is 49.0 Å². The van der Waals surface area contributed by atoms with Crippen molar-refractivity contribution in [2.24, 2.45) is 0 Å². The van der Waals surface area contributed by atoms with E-state index >= 15 is 0 Å². The molecule has 1 aliphatic carbocycles. The minimum absolute atomic E-state index is 0.0416. The second-order valence-corrected chi connectivity index (χ2v) is 10.0. The van der Waals surface area contributed by atoms with Gasteiger partial charge in [-0.25, -0.2) is 18.1 Å². The van der Waals surface area contributed by atoms with E-state index in [1.807, 2.05) is 0 Å². The molecule has 0 spiro atoms. The molecule has 1 fully saturated rings. The maximum Gasteiger partial charge on any atom is 0.240 e. The third-order valence-electron chi connectivity index (χ3n) is 6.09. The van der Waals surface area contributed by atoms with Gasteiger partial charge in [0.1, 0.15) is 5.69 Å². The number of aromatic nitrogens is 2. The topological polar surface area (TPSA) is 117 Å². The average Bonchev–Trinajstić information content (AvgIpc) is 3.30. The lowest BCUT2D eigenvalue weighted by Crippen LogP contribution is -2.34. The fourth-order valence-corrected chi connectivity index (χ4v) is 5.36. The molecule has 0 unspecified atom stereocenters. The van der Waals surface area contributed by atoms with Crippen LogP contribution in [0.25, 0.3) is 0 Å². The van der Waals surface area contributed by atoms with E-state index in [1.165, 1.54) is 32.1 Å². The minimum Gasteiger partial charge on any atom is -0.383 e. The van der Waals surface area contributed by atoms with Gasteiger partial charge in [-0.1, -0.05) is 18.9 Å². The molecule has 178 valence electrons. The van der Waals surface area contributed by atoms with Gasteiger partial charge >= 0.3 is 0 Å². The molecule has 1 aromatic heterocycles. The van der Waals surface area contributed by atoms with Crippen LogP contribution in [0.3, 0.4) is 0 Å². The zero-order valence-electron chi connectivity index (χ0n) is 19.0. The second kappa shape index (κ2) is 10.0. The average molecular weight is 475 g/mol. The fraction of sp³-hybridized carbons (Fsp3) is 0.500. The number of hydrogen-bond acceptors (Lipinski definition) is 8. The maximum atomic E-state index is 12.5. The highest BCUT2D eigenvalue weighted by Crippen LogP contribution is 2.36. The van der Waals surface area contributed by atoms with Crippen LogP contribution in [0.1, 0.15) is 32.1 Å². The molecule has 4 rings (SSSR count). The Morgan fingerprint density at radius 3 is 2.79 bits per heavy atom. The van der Waals surface area contributed by atoms with Crippen molar-refractivity contribution in [1.82, 2.24) is 14.7 Å². The zero-order valence-corrected chi connectivity index (χ0v) is 19.8. The highest BCUT2D eigenvalue weighted by Gasteiger charge is 2.31. The lowest BCUT2D eigenvalue weighted by molar-refractivity contribution is -0.118. The molecule has 1 aromatic carbocycles. The largest absolute Gasteiger partial charge is 0.383 e. The number of carbonyl (C=O) groups excluding carboxylic acids is 1. The molecule has 2 heterocycles. The number of hydrogen-bond donors (Lipinski definition) is 2. The number of amides is 1. The molecule has 0 bridgehead atoms. The summed E-state index contributed by atoms with van der Waals surface area (Å²) in [6.45, 7) is 1.10. The van der Waals surface area contributed by atoms with Crippen LogP contribution in [-0.2, 0) is 19.6 Å². The summed E-state index contributed by atoms with van der Waals surface area (Å²) in [6, 6.07) is 6.84. The predicted octanol–water partition coefficient (Wildman–Crippen LogP) is 2.26. The summed E-state index contributed by atoms with van der Waals surface area (Å²) in [4.78, 5) is 25.6. The normalized spacial score (nSPS) is 17.2. The maximum absolute atomic E-state index is 12.5. The molecule has 10 nitrogen and oxygen atoms in total. The fourth-order valence-electron chi connectivity index (χ4n) is 4.30. The first-order valence-corrected chi connectivity index (χ1v) is 12.6. The molecule has 11 heteroatoms. The van der Waals surface area contributed by atoms with Crippen molar-refractivity contribution in [3.05, 3.63) is 30.5 Å². The minimum atomic E-state index is -3.66. The molecule has 1 amide bonds. The Hall–Kier alpha value is -2.76. The summed E-state index contributed by atoms with van der Waals surface area (Å²) in [7, 11) is -0.398. The Kier molecular flexibility index (Phi) is 7.11. The van der Waals surface area contributed by atoms with E-state index in [0.29, 0.717) is 36.3 Å². The molecule has 0 saturated heterocycles. The van der Waals surface area contributed by atoms with Crippen molar-refractivity contribution in [1.29, 1.82) is 0 Å². The molecule has 1 aliphatic heterocycles. The number of anilines is 4. The van der Waals surface area contributed by atoms with Crippen LogP contribution in [-0.4, -0.2) is 64.2 Å². The van der Waals surface area contributed by atoms with E-state index in [4.69, 9.17) is 9.72 Å². The summed E-state index contributed by atoms with van der Waals surface area (Å²) in [5.74, 6) is 1.12. The molecule has 0 atom stereocenters. The number of fused-ring (bicyclic) bond motifs is 1. The predicted molar refractivity (Wildman–Crippen MR) is 126 cm³/mol. The van der Waals surface area contributed by atoms with Crippen molar-refractivity contribution in [2.45, 2.75) is 43.0 Å². The highest BCUT2D eigenvalue weighted by molar-refractivity contribution is 7.89. The number of methoxy groups -OCH3 is 1. The number of nitrogens with zero attached hydrogens (tertiary/aromatic N) is 4. The van der Waals surface area contributed by atoms with Crippen molar-refractivity contribution >= 4 is 39.1 Å². The smallest absolute Gasteiger partial charge is 0.240 e. The highest BCUT2D eigenvalue weighted by atomic mass is 32.2. The van der Waals surface area contributed by atoms with Gasteiger partial charge in [0.15, 0.2) is 5.82 Å². The van der Waals surface area contributed by atoms with Gasteiger partial charge in [0.2, 0.25) is 21.9 Å². The number of ether oxygens (including phenoxy) is 1. The number of rotatable bonds is 8. The number of nitrogens with one attached hydrogen (secondary N) is 2. The van der Waals surface area contributed by atoms with Crippen LogP contribution in [0.4, 0.5) is 23.1 Å². The van der Waals surface area contributed by atoms with E-state index in [0.717, 1.165) is 18.7 Å². The molecule has 2 N–H and O–H groups in total. The van der Waals surface area contributed by atoms with Crippen LogP contribution in [0.2, 0.25) is 0 Å². The van der Waals surface area contributed by atoms with Crippen LogP contribution >= 0.6 is 0 Å². The van der Waals surface area contributed by atoms with Gasteiger partial charge in [0.05, 0.1) is 17.7 Å². The zero-order chi connectivity index (χ0) is 23.4. The summed E-state index contributed by atoms with van der Waals surface area (Å²) in [6.07, 6.45) is 6.61. The first kappa shape index (κ1) is 23.4. The van der Waals surface area contributed by atoms with E-state index in [9.17, 15) is 13.2 Å². The van der Waals surface area contributed by atoms with Crippen LogP contribution in [0.15, 0.2) is 35.4 Å². The third kappa shape index (κ3) is 5.26. The Labute approximate surface area is 194 Å². The Morgan fingerprint density at radius 2 is 2.03 bits per heavy atom. The Morgan fingerprint density at radius 1 is 1.24 bits per heavy atom. The van der Waals surface area contributed by atoms with Gasteiger partial charge in [-0.15, -0.1) is 0 Å². The standard InChI is InChI=1S/C22H30N6O4S/c1-27-19-15-23-22(26-21(19)28(12-10-20(27)29)17-7-3-4-8-17)25-16-6-5-9-18(14-16)33(30,31)24-11-13-32-2/h5-6,9,14-15,17,24H,3-4,7-8,10-13H2,1-2H3,(H,23,25,26). The van der Waals surface area contributed by atoms with E-state index in [1.54, 1.807) is 30.3 Å². The van der Waals surface area contributed by atoms with Gasteiger partial charge in [-0.05, 0) is 31.0 Å². The number of sulfonamides is 1. The quantitative estimate of drug-likeness (QED) is 0.560. The molecule has 2 aromatic rings. The van der Waals surface area contributed by atoms with Gasteiger partial charge in [-0.2, -0.15) is 4.98 Å². The monoisotopic (exact) mass is 474 g/mol. The number of benzene rings is 1. The third-order valence-corrected chi connectivity index (χ3v) is 7.55. The van der Waals surface area contributed by atoms with E-state index in [2.05, 4.69) is 19.9 Å². The summed E-state index contributed by atoms with van der Waals surface area (Å²) in [5, 5.41) is 3.12. The first-order chi connectivity index (χ1) is 15.9. The lowest BCUT2D eigenvalue weighted by atomic mass is 10.2.